The molecule has 0 saturated carbocycles. The number of nitrogens with zero attached hydrogens (tertiary/aromatic N) is 3. The first kappa shape index (κ1) is 21.3. The van der Waals surface area contributed by atoms with Gasteiger partial charge in [-0.05, 0) is 13.8 Å². The summed E-state index contributed by atoms with van der Waals surface area (Å²) in [4.78, 5) is 30.6. The number of carboxylic acids is 1. The summed E-state index contributed by atoms with van der Waals surface area (Å²) in [7, 11) is 0. The molecule has 5 atom stereocenters. The van der Waals surface area contributed by atoms with E-state index in [0.29, 0.717) is 4.91 Å². The van der Waals surface area contributed by atoms with Crippen molar-refractivity contribution < 1.29 is 49.4 Å². The van der Waals surface area contributed by atoms with E-state index in [1.807, 2.05) is 20.0 Å². The van der Waals surface area contributed by atoms with Crippen molar-refractivity contribution in [3.05, 3.63) is 22.5 Å². The number of carbonyl (C=O) groups is 2. The first-order valence-corrected chi connectivity index (χ1v) is 10.5. The third-order valence-electron chi connectivity index (χ3n) is 5.25. The summed E-state index contributed by atoms with van der Waals surface area (Å²) in [6.45, 7) is 6.22. The number of amides is 1. The molecule has 7 nitrogen and oxygen atoms in total. The Morgan fingerprint density at radius 2 is 2.22 bits per heavy atom. The smallest absolute Gasteiger partial charge is 0.543 e. The average molecular weight is 417 g/mol. The van der Waals surface area contributed by atoms with E-state index in [0.717, 1.165) is 23.1 Å². The van der Waals surface area contributed by atoms with E-state index in [9.17, 15) is 19.8 Å². The number of hydrogen-bond acceptors (Lipinski definition) is 7. The number of rotatable bonds is 4. The quantitative estimate of drug-likeness (QED) is 0.418. The SMILES string of the molecule is Cc1cn2c(n1)SCC(SC1=C(C(=O)[O-])N3C(=O)[C@H]([C@@H](C)O)[C@H]3[C@H]1C)C2.[Na+]. The van der Waals surface area contributed by atoms with Crippen LogP contribution in [0, 0.1) is 18.8 Å². The Kier molecular flexibility index (Phi) is 6.11. The van der Waals surface area contributed by atoms with E-state index in [-0.39, 0.29) is 58.4 Å². The topological polar surface area (TPSA) is 98.5 Å². The van der Waals surface area contributed by atoms with Crippen LogP contribution in [0.25, 0.3) is 0 Å². The van der Waals surface area contributed by atoms with Crippen LogP contribution in [-0.2, 0) is 16.1 Å². The van der Waals surface area contributed by atoms with Gasteiger partial charge in [-0.2, -0.15) is 0 Å². The first-order valence-electron chi connectivity index (χ1n) is 8.59. The molecule has 1 aromatic rings. The minimum Gasteiger partial charge on any atom is -0.543 e. The molecule has 1 N–H and O–H groups in total. The normalized spacial score (nSPS) is 30.4. The van der Waals surface area contributed by atoms with E-state index < -0.39 is 18.0 Å². The van der Waals surface area contributed by atoms with E-state index in [1.54, 1.807) is 18.7 Å². The predicted octanol–water partition coefficient (Wildman–Crippen LogP) is -2.78. The number of carboxylic acid groups (broad SMARTS) is 1. The van der Waals surface area contributed by atoms with Gasteiger partial charge in [-0.15, -0.1) is 11.8 Å². The summed E-state index contributed by atoms with van der Waals surface area (Å²) < 4.78 is 2.10. The Labute approximate surface area is 188 Å². The van der Waals surface area contributed by atoms with Crippen LogP contribution >= 0.6 is 23.5 Å². The number of hydrogen-bond donors (Lipinski definition) is 1. The van der Waals surface area contributed by atoms with Gasteiger partial charge in [-0.1, -0.05) is 18.7 Å². The number of fused-ring (bicyclic) bond motifs is 2. The first-order chi connectivity index (χ1) is 12.3. The Morgan fingerprint density at radius 3 is 2.85 bits per heavy atom. The van der Waals surface area contributed by atoms with Gasteiger partial charge in [0.2, 0.25) is 5.91 Å². The molecule has 1 fully saturated rings. The molecular formula is C17H20N3NaO4S2. The fourth-order valence-corrected chi connectivity index (χ4v) is 6.79. The minimum absolute atomic E-state index is 0. The summed E-state index contributed by atoms with van der Waals surface area (Å²) in [5.74, 6) is -1.47. The van der Waals surface area contributed by atoms with Crippen LogP contribution in [0.3, 0.4) is 0 Å². The van der Waals surface area contributed by atoms with E-state index >= 15 is 0 Å². The standard InChI is InChI=1S/C17H21N3O4S2.Na/c1-7-4-19-5-10(6-25-17(19)18-7)26-14-8(2)12-11(9(3)21)15(22)20(12)13(14)16(23)24;/h4,8-12,21H,5-6H2,1-3H3,(H,23,24);/q;+1/p-1/t8-,9-,10?,11-,12-;/m1./s1. The van der Waals surface area contributed by atoms with Gasteiger partial charge >= 0.3 is 29.6 Å². The molecule has 4 heterocycles. The minimum atomic E-state index is -1.32. The van der Waals surface area contributed by atoms with Crippen molar-refractivity contribution in [2.24, 2.45) is 11.8 Å². The monoisotopic (exact) mass is 417 g/mol. The number of aliphatic carboxylic acids is 1. The third-order valence-corrected chi connectivity index (χ3v) is 8.09. The molecule has 1 saturated heterocycles. The van der Waals surface area contributed by atoms with Crippen LogP contribution in [0.15, 0.2) is 22.0 Å². The molecule has 140 valence electrons. The molecule has 1 unspecified atom stereocenters. The number of aliphatic hydroxyl groups is 1. The molecule has 1 amide bonds. The van der Waals surface area contributed by atoms with E-state index in [2.05, 4.69) is 9.55 Å². The number of aryl methyl sites for hydroxylation is 1. The number of imidazole rings is 1. The van der Waals surface area contributed by atoms with Crippen molar-refractivity contribution in [1.29, 1.82) is 0 Å². The zero-order valence-electron chi connectivity index (χ0n) is 15.7. The molecule has 0 aliphatic carbocycles. The summed E-state index contributed by atoms with van der Waals surface area (Å²) in [5.41, 5.74) is 0.962. The fourth-order valence-electron chi connectivity index (χ4n) is 4.13. The van der Waals surface area contributed by atoms with Crippen LogP contribution in [0.1, 0.15) is 19.5 Å². The number of thioether (sulfide) groups is 2. The number of β-lactam (4-membered cyclic amide) rings is 1. The zero-order valence-corrected chi connectivity index (χ0v) is 19.3. The Bertz CT molecular complexity index is 825. The van der Waals surface area contributed by atoms with Crippen LogP contribution in [0.5, 0.6) is 0 Å². The van der Waals surface area contributed by atoms with Crippen molar-refractivity contribution in [2.45, 2.75) is 49.9 Å². The molecule has 0 bridgehead atoms. The maximum absolute atomic E-state index is 12.4. The van der Waals surface area contributed by atoms with Crippen molar-refractivity contribution in [1.82, 2.24) is 14.5 Å². The second-order valence-corrected chi connectivity index (χ2v) is 9.45. The zero-order chi connectivity index (χ0) is 18.7. The van der Waals surface area contributed by atoms with Crippen LogP contribution in [-0.4, -0.2) is 54.6 Å². The summed E-state index contributed by atoms with van der Waals surface area (Å²) in [5, 5.41) is 22.8. The van der Waals surface area contributed by atoms with Crippen molar-refractivity contribution in [2.75, 3.05) is 5.75 Å². The summed E-state index contributed by atoms with van der Waals surface area (Å²) in [6.07, 6.45) is 1.21. The molecule has 27 heavy (non-hydrogen) atoms. The van der Waals surface area contributed by atoms with Crippen molar-refractivity contribution in [3.8, 4) is 0 Å². The van der Waals surface area contributed by atoms with Gasteiger partial charge in [0.15, 0.2) is 5.16 Å². The molecule has 4 rings (SSSR count). The predicted molar refractivity (Wildman–Crippen MR) is 96.1 cm³/mol. The second kappa shape index (κ2) is 7.76. The van der Waals surface area contributed by atoms with E-state index in [4.69, 9.17) is 0 Å². The maximum atomic E-state index is 12.4. The van der Waals surface area contributed by atoms with Crippen molar-refractivity contribution in [3.63, 3.8) is 0 Å². The molecular weight excluding hydrogens is 397 g/mol. The van der Waals surface area contributed by atoms with Gasteiger partial charge in [0.05, 0.1) is 35.4 Å². The van der Waals surface area contributed by atoms with Gasteiger partial charge in [0.1, 0.15) is 0 Å². The van der Waals surface area contributed by atoms with Gasteiger partial charge < -0.3 is 24.5 Å². The largest absolute Gasteiger partial charge is 1.00 e. The van der Waals surface area contributed by atoms with Crippen LogP contribution < -0.4 is 34.7 Å². The molecule has 0 radical (unpaired) electrons. The van der Waals surface area contributed by atoms with Gasteiger partial charge in [0, 0.05) is 34.6 Å². The van der Waals surface area contributed by atoms with Gasteiger partial charge in [-0.3, -0.25) is 4.79 Å². The Hall–Kier alpha value is -0.450. The Balaban J connectivity index is 0.00000210. The number of aromatic nitrogens is 2. The second-order valence-electron chi connectivity index (χ2n) is 7.12. The average Bonchev–Trinajstić information content (AvgIpc) is 3.03. The number of carbonyl (C=O) groups excluding carboxylic acids is 2. The van der Waals surface area contributed by atoms with E-state index in [1.165, 1.54) is 16.7 Å². The van der Waals surface area contributed by atoms with Crippen molar-refractivity contribution >= 4 is 35.4 Å². The van der Waals surface area contributed by atoms with Gasteiger partial charge in [-0.25, -0.2) is 4.98 Å². The fraction of sp³-hybridized carbons (Fsp3) is 0.588. The molecule has 1 aromatic heterocycles. The van der Waals surface area contributed by atoms with Crippen LogP contribution in [0.2, 0.25) is 0 Å². The number of aliphatic hydroxyl groups excluding tert-OH is 1. The van der Waals surface area contributed by atoms with Gasteiger partial charge in [0.25, 0.3) is 0 Å². The molecule has 3 aliphatic rings. The molecule has 0 spiro atoms. The third kappa shape index (κ3) is 3.40. The Morgan fingerprint density at radius 1 is 1.52 bits per heavy atom. The summed E-state index contributed by atoms with van der Waals surface area (Å²) in [6, 6.07) is -0.291. The molecule has 10 heteroatoms. The maximum Gasteiger partial charge on any atom is 1.00 e. The molecule has 3 aliphatic heterocycles. The van der Waals surface area contributed by atoms with Crippen LogP contribution in [0.4, 0.5) is 0 Å². The summed E-state index contributed by atoms with van der Waals surface area (Å²) >= 11 is 3.18. The molecule has 0 aromatic carbocycles.